The summed E-state index contributed by atoms with van der Waals surface area (Å²) in [5.74, 6) is -0.381. The quantitative estimate of drug-likeness (QED) is 0.733. The Hall–Kier alpha value is -1.33. The largest absolute Gasteiger partial charge is 0.478 e. The van der Waals surface area contributed by atoms with Crippen molar-refractivity contribution in [3.8, 4) is 0 Å². The Morgan fingerprint density at radius 2 is 2.23 bits per heavy atom. The van der Waals surface area contributed by atoms with Crippen LogP contribution in [-0.2, 0) is 0 Å². The van der Waals surface area contributed by atoms with Gasteiger partial charge in [-0.05, 0) is 12.1 Å². The summed E-state index contributed by atoms with van der Waals surface area (Å²) in [7, 11) is 1.69. The van der Waals surface area contributed by atoms with Crippen LogP contribution in [0.5, 0.6) is 0 Å². The minimum absolute atomic E-state index is 0. The van der Waals surface area contributed by atoms with Gasteiger partial charge in [0, 0.05) is 13.2 Å². The fraction of sp³-hybridized carbons (Fsp3) is 0.143. The van der Waals surface area contributed by atoms with Gasteiger partial charge in [0.15, 0.2) is 0 Å². The number of nitrogens with zero attached hydrogens (tertiary/aromatic N) is 1. The third-order valence-electron chi connectivity index (χ3n) is 1.26. The van der Waals surface area contributed by atoms with Crippen molar-refractivity contribution in [2.45, 2.75) is 0 Å². The number of aromatic carboxylic acids is 1. The molecule has 0 saturated carbocycles. The standard InChI is InChI=1S/C7H8N2O2.ClH.H2O/c1-8-6-4-5(7(10)11)2-3-9-6;;/h2-4H,1H3,(H,8,9)(H,10,11);1H;1H2. The number of hydrogen-bond donors (Lipinski definition) is 2. The molecule has 0 atom stereocenters. The van der Waals surface area contributed by atoms with Gasteiger partial charge in [0.05, 0.1) is 5.56 Å². The summed E-state index contributed by atoms with van der Waals surface area (Å²) >= 11 is 0. The minimum Gasteiger partial charge on any atom is -0.478 e. The summed E-state index contributed by atoms with van der Waals surface area (Å²) in [5, 5.41) is 11.3. The summed E-state index contributed by atoms with van der Waals surface area (Å²) in [6, 6.07) is 2.92. The number of carboxylic acids is 1. The second-order valence-electron chi connectivity index (χ2n) is 1.98. The average Bonchev–Trinajstić information content (AvgIpc) is 2.05. The summed E-state index contributed by atoms with van der Waals surface area (Å²) in [6.45, 7) is 0. The number of nitrogens with one attached hydrogen (secondary N) is 1. The lowest BCUT2D eigenvalue weighted by molar-refractivity contribution is 0.0697. The third-order valence-corrected chi connectivity index (χ3v) is 1.26. The summed E-state index contributed by atoms with van der Waals surface area (Å²) in [6.07, 6.45) is 1.45. The van der Waals surface area contributed by atoms with E-state index in [1.165, 1.54) is 18.3 Å². The molecule has 1 heterocycles. The van der Waals surface area contributed by atoms with Crippen molar-refractivity contribution in [3.05, 3.63) is 23.9 Å². The van der Waals surface area contributed by atoms with Crippen molar-refractivity contribution in [1.29, 1.82) is 0 Å². The van der Waals surface area contributed by atoms with Gasteiger partial charge >= 0.3 is 5.97 Å². The molecule has 0 unspecified atom stereocenters. The molecule has 0 fully saturated rings. The van der Waals surface area contributed by atoms with Crippen molar-refractivity contribution < 1.29 is 15.4 Å². The molecule has 74 valence electrons. The molecule has 5 nitrogen and oxygen atoms in total. The molecule has 0 aliphatic heterocycles. The highest BCUT2D eigenvalue weighted by molar-refractivity contribution is 5.88. The Morgan fingerprint density at radius 3 is 2.69 bits per heavy atom. The van der Waals surface area contributed by atoms with E-state index in [9.17, 15) is 4.79 Å². The predicted molar refractivity (Wildman–Crippen MR) is 51.6 cm³/mol. The Kier molecular flexibility index (Phi) is 6.79. The first-order valence-electron chi connectivity index (χ1n) is 3.11. The molecule has 0 aliphatic rings. The zero-order valence-electron chi connectivity index (χ0n) is 6.94. The van der Waals surface area contributed by atoms with E-state index in [1.54, 1.807) is 7.05 Å². The van der Waals surface area contributed by atoms with Gasteiger partial charge in [0.1, 0.15) is 5.82 Å². The number of halogens is 1. The molecule has 1 rings (SSSR count). The number of carbonyl (C=O) groups is 1. The summed E-state index contributed by atoms with van der Waals surface area (Å²) < 4.78 is 0. The molecular weight excluding hydrogens is 196 g/mol. The first kappa shape index (κ1) is 14.2. The maximum Gasteiger partial charge on any atom is 0.335 e. The van der Waals surface area contributed by atoms with Gasteiger partial charge in [-0.3, -0.25) is 0 Å². The molecule has 1 aromatic rings. The predicted octanol–water partition coefficient (Wildman–Crippen LogP) is 0.419. The normalized spacial score (nSPS) is 7.77. The number of aromatic nitrogens is 1. The number of anilines is 1. The Morgan fingerprint density at radius 1 is 1.62 bits per heavy atom. The van der Waals surface area contributed by atoms with E-state index >= 15 is 0 Å². The Balaban J connectivity index is 0. The second kappa shape index (κ2) is 6.22. The molecule has 0 saturated heterocycles. The molecule has 6 heteroatoms. The van der Waals surface area contributed by atoms with Crippen LogP contribution in [0.15, 0.2) is 18.3 Å². The molecule has 4 N–H and O–H groups in total. The van der Waals surface area contributed by atoms with E-state index in [1.807, 2.05) is 0 Å². The molecule has 1 aromatic heterocycles. The lowest BCUT2D eigenvalue weighted by atomic mass is 10.3. The van der Waals surface area contributed by atoms with Crippen LogP contribution in [0.3, 0.4) is 0 Å². The average molecular weight is 207 g/mol. The van der Waals surface area contributed by atoms with Crippen LogP contribution in [0.1, 0.15) is 10.4 Å². The molecule has 0 amide bonds. The fourth-order valence-electron chi connectivity index (χ4n) is 0.700. The van der Waals surface area contributed by atoms with Gasteiger partial charge in [0.2, 0.25) is 0 Å². The Bertz CT molecular complexity index is 280. The van der Waals surface area contributed by atoms with Crippen molar-refractivity contribution in [1.82, 2.24) is 4.98 Å². The molecule has 13 heavy (non-hydrogen) atoms. The van der Waals surface area contributed by atoms with Crippen LogP contribution in [0, 0.1) is 0 Å². The van der Waals surface area contributed by atoms with E-state index in [0.29, 0.717) is 5.82 Å². The molecule has 0 radical (unpaired) electrons. The third kappa shape index (κ3) is 3.73. The van der Waals surface area contributed by atoms with Gasteiger partial charge < -0.3 is 15.9 Å². The van der Waals surface area contributed by atoms with Gasteiger partial charge in [-0.25, -0.2) is 9.78 Å². The summed E-state index contributed by atoms with van der Waals surface area (Å²) in [4.78, 5) is 14.3. The molecule has 0 aromatic carbocycles. The van der Waals surface area contributed by atoms with Gasteiger partial charge in [-0.2, -0.15) is 0 Å². The lowest BCUT2D eigenvalue weighted by Crippen LogP contribution is -1.99. The first-order valence-corrected chi connectivity index (χ1v) is 3.11. The summed E-state index contributed by atoms with van der Waals surface area (Å²) in [5.41, 5.74) is 0.240. The molecule has 0 spiro atoms. The smallest absolute Gasteiger partial charge is 0.335 e. The fourth-order valence-corrected chi connectivity index (χ4v) is 0.700. The van der Waals surface area contributed by atoms with Crippen LogP contribution in [-0.4, -0.2) is 28.6 Å². The molecule has 0 bridgehead atoms. The van der Waals surface area contributed by atoms with E-state index in [2.05, 4.69) is 10.3 Å². The number of pyridine rings is 1. The number of rotatable bonds is 2. The van der Waals surface area contributed by atoms with Crippen LogP contribution < -0.4 is 5.32 Å². The van der Waals surface area contributed by atoms with Gasteiger partial charge in [0.25, 0.3) is 0 Å². The van der Waals surface area contributed by atoms with Crippen LogP contribution in [0.2, 0.25) is 0 Å². The van der Waals surface area contributed by atoms with Crippen molar-refractivity contribution >= 4 is 24.2 Å². The molecular formula is C7H11ClN2O3. The number of carboxylic acid groups (broad SMARTS) is 1. The topological polar surface area (TPSA) is 93.7 Å². The highest BCUT2D eigenvalue weighted by Crippen LogP contribution is 2.04. The minimum atomic E-state index is -0.941. The van der Waals surface area contributed by atoms with Crippen molar-refractivity contribution in [2.75, 3.05) is 12.4 Å². The van der Waals surface area contributed by atoms with Crippen LogP contribution in [0.4, 0.5) is 5.82 Å². The van der Waals surface area contributed by atoms with Gasteiger partial charge in [-0.1, -0.05) is 0 Å². The van der Waals surface area contributed by atoms with E-state index in [-0.39, 0.29) is 23.4 Å². The van der Waals surface area contributed by atoms with E-state index in [4.69, 9.17) is 5.11 Å². The zero-order valence-corrected chi connectivity index (χ0v) is 7.76. The zero-order chi connectivity index (χ0) is 8.27. The highest BCUT2D eigenvalue weighted by Gasteiger charge is 2.01. The second-order valence-corrected chi connectivity index (χ2v) is 1.98. The van der Waals surface area contributed by atoms with E-state index in [0.717, 1.165) is 0 Å². The van der Waals surface area contributed by atoms with Crippen molar-refractivity contribution in [3.63, 3.8) is 0 Å². The number of hydrogen-bond acceptors (Lipinski definition) is 3. The lowest BCUT2D eigenvalue weighted by Gasteiger charge is -1.98. The van der Waals surface area contributed by atoms with Crippen LogP contribution >= 0.6 is 12.4 Å². The van der Waals surface area contributed by atoms with Crippen molar-refractivity contribution in [2.24, 2.45) is 0 Å². The SMILES string of the molecule is CNc1cc(C(=O)O)ccn1.Cl.O. The van der Waals surface area contributed by atoms with Crippen LogP contribution in [0.25, 0.3) is 0 Å². The van der Waals surface area contributed by atoms with Gasteiger partial charge in [-0.15, -0.1) is 12.4 Å². The van der Waals surface area contributed by atoms with E-state index < -0.39 is 5.97 Å². The monoisotopic (exact) mass is 206 g/mol. The highest BCUT2D eigenvalue weighted by atomic mass is 35.5. The Labute approximate surface area is 81.5 Å². The maximum atomic E-state index is 10.4. The molecule has 0 aliphatic carbocycles. The maximum absolute atomic E-state index is 10.4. The first-order chi connectivity index (χ1) is 5.24.